The molecule has 5 heteroatoms. The van der Waals surface area contributed by atoms with Crippen molar-refractivity contribution in [1.82, 2.24) is 4.90 Å². The number of rotatable bonds is 5. The summed E-state index contributed by atoms with van der Waals surface area (Å²) >= 11 is 0. The SMILES string of the molecule is CC(C)Oc1ccc(NC(=O)C2CCN(C(=O)C(C)C)CC2)cc1. The van der Waals surface area contributed by atoms with E-state index in [2.05, 4.69) is 5.32 Å². The number of nitrogens with zero attached hydrogens (tertiary/aromatic N) is 1. The number of amides is 2. The zero-order chi connectivity index (χ0) is 17.7. The summed E-state index contributed by atoms with van der Waals surface area (Å²) in [5.74, 6) is 0.983. The molecule has 2 rings (SSSR count). The molecule has 1 saturated heterocycles. The molecule has 0 aromatic heterocycles. The fourth-order valence-electron chi connectivity index (χ4n) is 2.86. The molecule has 0 unspecified atom stereocenters. The van der Waals surface area contributed by atoms with Crippen molar-refractivity contribution in [3.63, 3.8) is 0 Å². The van der Waals surface area contributed by atoms with Crippen LogP contribution in [0.15, 0.2) is 24.3 Å². The Balaban J connectivity index is 1.84. The third-order valence-electron chi connectivity index (χ3n) is 4.16. The number of carbonyl (C=O) groups excluding carboxylic acids is 2. The predicted octanol–water partition coefficient (Wildman–Crippen LogP) is 3.31. The fourth-order valence-corrected chi connectivity index (χ4v) is 2.86. The normalized spacial score (nSPS) is 15.7. The van der Waals surface area contributed by atoms with Gasteiger partial charge in [-0.25, -0.2) is 0 Å². The summed E-state index contributed by atoms with van der Waals surface area (Å²) in [5, 5.41) is 2.96. The number of likely N-dealkylation sites (tertiary alicyclic amines) is 1. The Morgan fingerprint density at radius 1 is 1.08 bits per heavy atom. The Morgan fingerprint density at radius 3 is 2.17 bits per heavy atom. The molecule has 1 N–H and O–H groups in total. The monoisotopic (exact) mass is 332 g/mol. The summed E-state index contributed by atoms with van der Waals surface area (Å²) in [6.07, 6.45) is 1.57. The third-order valence-corrected chi connectivity index (χ3v) is 4.16. The first-order valence-corrected chi connectivity index (χ1v) is 8.73. The van der Waals surface area contributed by atoms with E-state index in [1.54, 1.807) is 0 Å². The van der Waals surface area contributed by atoms with E-state index in [0.717, 1.165) is 24.3 Å². The molecule has 1 heterocycles. The second-order valence-electron chi connectivity index (χ2n) is 6.93. The Hall–Kier alpha value is -2.04. The highest BCUT2D eigenvalue weighted by atomic mass is 16.5. The van der Waals surface area contributed by atoms with Crippen LogP contribution >= 0.6 is 0 Å². The van der Waals surface area contributed by atoms with Crippen molar-refractivity contribution < 1.29 is 14.3 Å². The Bertz CT molecular complexity index is 558. The average molecular weight is 332 g/mol. The number of hydrogen-bond acceptors (Lipinski definition) is 3. The van der Waals surface area contributed by atoms with Crippen LogP contribution in [0.5, 0.6) is 5.75 Å². The van der Waals surface area contributed by atoms with Crippen LogP contribution in [0.25, 0.3) is 0 Å². The minimum atomic E-state index is -0.0344. The van der Waals surface area contributed by atoms with E-state index in [0.29, 0.717) is 13.1 Å². The van der Waals surface area contributed by atoms with Gasteiger partial charge in [-0.1, -0.05) is 13.8 Å². The molecule has 1 aliphatic heterocycles. The Kier molecular flexibility index (Phi) is 6.23. The van der Waals surface area contributed by atoms with Crippen LogP contribution in [-0.2, 0) is 9.59 Å². The van der Waals surface area contributed by atoms with Crippen LogP contribution in [0.1, 0.15) is 40.5 Å². The average Bonchev–Trinajstić information content (AvgIpc) is 2.55. The lowest BCUT2D eigenvalue weighted by atomic mass is 9.95. The Morgan fingerprint density at radius 2 is 1.67 bits per heavy atom. The van der Waals surface area contributed by atoms with Gasteiger partial charge in [0.05, 0.1) is 6.10 Å². The lowest BCUT2D eigenvalue weighted by Crippen LogP contribution is -2.43. The second kappa shape index (κ2) is 8.18. The van der Waals surface area contributed by atoms with Crippen molar-refractivity contribution in [2.45, 2.75) is 46.6 Å². The molecule has 132 valence electrons. The van der Waals surface area contributed by atoms with Gasteiger partial charge in [-0.3, -0.25) is 9.59 Å². The van der Waals surface area contributed by atoms with Crippen molar-refractivity contribution in [2.24, 2.45) is 11.8 Å². The molecule has 0 bridgehead atoms. The molecule has 0 atom stereocenters. The first-order chi connectivity index (χ1) is 11.4. The maximum Gasteiger partial charge on any atom is 0.227 e. The highest BCUT2D eigenvalue weighted by Gasteiger charge is 2.28. The quantitative estimate of drug-likeness (QED) is 0.900. The minimum Gasteiger partial charge on any atom is -0.491 e. The fraction of sp³-hybridized carbons (Fsp3) is 0.579. The van der Waals surface area contributed by atoms with Gasteiger partial charge in [-0.05, 0) is 51.0 Å². The smallest absolute Gasteiger partial charge is 0.227 e. The lowest BCUT2D eigenvalue weighted by molar-refractivity contribution is -0.137. The zero-order valence-electron chi connectivity index (χ0n) is 15.0. The zero-order valence-corrected chi connectivity index (χ0v) is 15.0. The molecule has 1 aliphatic rings. The summed E-state index contributed by atoms with van der Waals surface area (Å²) in [7, 11) is 0. The van der Waals surface area contributed by atoms with E-state index in [1.807, 2.05) is 56.9 Å². The van der Waals surface area contributed by atoms with Crippen molar-refractivity contribution in [1.29, 1.82) is 0 Å². The van der Waals surface area contributed by atoms with Crippen LogP contribution in [-0.4, -0.2) is 35.9 Å². The molecule has 24 heavy (non-hydrogen) atoms. The van der Waals surface area contributed by atoms with Gasteiger partial charge in [0.15, 0.2) is 0 Å². The maximum absolute atomic E-state index is 12.4. The Labute approximate surface area is 144 Å². The summed E-state index contributed by atoms with van der Waals surface area (Å²) in [5.41, 5.74) is 0.775. The predicted molar refractivity (Wildman–Crippen MR) is 95.0 cm³/mol. The first-order valence-electron chi connectivity index (χ1n) is 8.73. The molecule has 0 aliphatic carbocycles. The molecule has 0 spiro atoms. The highest BCUT2D eigenvalue weighted by molar-refractivity contribution is 5.92. The van der Waals surface area contributed by atoms with Crippen LogP contribution in [0.4, 0.5) is 5.69 Å². The number of hydrogen-bond donors (Lipinski definition) is 1. The third kappa shape index (κ3) is 4.98. The molecule has 5 nitrogen and oxygen atoms in total. The molecule has 1 aromatic rings. The molecule has 1 aromatic carbocycles. The number of anilines is 1. The molecule has 1 fully saturated rings. The maximum atomic E-state index is 12.4. The minimum absolute atomic E-state index is 0.0157. The topological polar surface area (TPSA) is 58.6 Å². The number of benzene rings is 1. The van der Waals surface area contributed by atoms with Crippen LogP contribution in [0.2, 0.25) is 0 Å². The summed E-state index contributed by atoms with van der Waals surface area (Å²) in [6.45, 7) is 9.10. The van der Waals surface area contributed by atoms with Crippen molar-refractivity contribution in [2.75, 3.05) is 18.4 Å². The number of ether oxygens (including phenoxy) is 1. The highest BCUT2D eigenvalue weighted by Crippen LogP contribution is 2.22. The van der Waals surface area contributed by atoms with Crippen molar-refractivity contribution in [3.05, 3.63) is 24.3 Å². The van der Waals surface area contributed by atoms with E-state index in [4.69, 9.17) is 4.74 Å². The van der Waals surface area contributed by atoms with E-state index in [9.17, 15) is 9.59 Å². The molecule has 2 amide bonds. The number of carbonyl (C=O) groups is 2. The van der Waals surface area contributed by atoms with Gasteiger partial charge in [0, 0.05) is 30.6 Å². The van der Waals surface area contributed by atoms with Gasteiger partial charge in [0.25, 0.3) is 0 Å². The van der Waals surface area contributed by atoms with Gasteiger partial charge in [-0.15, -0.1) is 0 Å². The largest absolute Gasteiger partial charge is 0.491 e. The summed E-state index contributed by atoms with van der Waals surface area (Å²) < 4.78 is 5.59. The van der Waals surface area contributed by atoms with E-state index >= 15 is 0 Å². The number of nitrogens with one attached hydrogen (secondary N) is 1. The molecular weight excluding hydrogens is 304 g/mol. The van der Waals surface area contributed by atoms with E-state index in [1.165, 1.54) is 0 Å². The standard InChI is InChI=1S/C19H28N2O3/c1-13(2)19(23)21-11-9-15(10-12-21)18(22)20-16-5-7-17(8-6-16)24-14(3)4/h5-8,13-15H,9-12H2,1-4H3,(H,20,22). The molecule has 0 radical (unpaired) electrons. The van der Waals surface area contributed by atoms with Gasteiger partial charge in [0.1, 0.15) is 5.75 Å². The molecule has 0 saturated carbocycles. The first kappa shape index (κ1) is 18.3. The van der Waals surface area contributed by atoms with Crippen LogP contribution < -0.4 is 10.1 Å². The van der Waals surface area contributed by atoms with Gasteiger partial charge >= 0.3 is 0 Å². The van der Waals surface area contributed by atoms with Crippen LogP contribution in [0, 0.1) is 11.8 Å². The van der Waals surface area contributed by atoms with E-state index in [-0.39, 0.29) is 29.8 Å². The van der Waals surface area contributed by atoms with Gasteiger partial charge in [-0.2, -0.15) is 0 Å². The summed E-state index contributed by atoms with van der Waals surface area (Å²) in [6, 6.07) is 7.43. The lowest BCUT2D eigenvalue weighted by Gasteiger charge is -2.32. The van der Waals surface area contributed by atoms with Crippen molar-refractivity contribution in [3.8, 4) is 5.75 Å². The summed E-state index contributed by atoms with van der Waals surface area (Å²) in [4.78, 5) is 26.2. The van der Waals surface area contributed by atoms with Crippen LogP contribution in [0.3, 0.4) is 0 Å². The van der Waals surface area contributed by atoms with Crippen molar-refractivity contribution >= 4 is 17.5 Å². The van der Waals surface area contributed by atoms with Gasteiger partial charge < -0.3 is 15.0 Å². The second-order valence-corrected chi connectivity index (χ2v) is 6.93. The van der Waals surface area contributed by atoms with Gasteiger partial charge in [0.2, 0.25) is 11.8 Å². The number of piperidine rings is 1. The molecular formula is C19H28N2O3. The van der Waals surface area contributed by atoms with E-state index < -0.39 is 0 Å².